The van der Waals surface area contributed by atoms with Gasteiger partial charge in [-0.15, -0.1) is 0 Å². The summed E-state index contributed by atoms with van der Waals surface area (Å²) >= 11 is 3.47. The molecule has 0 atom stereocenters. The molecule has 0 aliphatic carbocycles. The molecule has 0 aromatic carbocycles. The van der Waals surface area contributed by atoms with Gasteiger partial charge in [-0.05, 0) is 65.5 Å². The van der Waals surface area contributed by atoms with E-state index in [2.05, 4.69) is 73.8 Å². The van der Waals surface area contributed by atoms with Crippen molar-refractivity contribution in [2.24, 2.45) is 0 Å². The molecule has 0 aliphatic rings. The maximum atomic E-state index is 6.01. The van der Waals surface area contributed by atoms with E-state index in [1.165, 1.54) is 5.56 Å². The average Bonchev–Trinajstić information content (AvgIpc) is 2.31. The molecule has 0 unspecified atom stereocenters. The van der Waals surface area contributed by atoms with Crippen LogP contribution in [0.1, 0.15) is 38.4 Å². The van der Waals surface area contributed by atoms with Gasteiger partial charge in [0.15, 0.2) is 0 Å². The molecule has 0 bridgehead atoms. The largest absolute Gasteiger partial charge is 0.549 e. The molecule has 1 aromatic rings. The van der Waals surface area contributed by atoms with Crippen molar-refractivity contribution in [2.75, 3.05) is 0 Å². The molecule has 1 rings (SSSR count). The molecule has 0 spiro atoms. The molecule has 0 N–H and O–H groups in total. The van der Waals surface area contributed by atoms with E-state index >= 15 is 0 Å². The van der Waals surface area contributed by atoms with E-state index in [4.69, 9.17) is 4.43 Å². The highest BCUT2D eigenvalue weighted by atomic mass is 79.9. The standard InChI is InChI=1S/C16H26BrNOSi/c1-13-11-14(18-12-15(13)17)9-7-8-10-19-20(5,6)16(2,3)4/h8,10-12H,7,9H2,1-6H3. The van der Waals surface area contributed by atoms with Gasteiger partial charge in [0.2, 0.25) is 8.32 Å². The van der Waals surface area contributed by atoms with Crippen molar-refractivity contribution in [1.82, 2.24) is 4.98 Å². The molecule has 112 valence electrons. The predicted molar refractivity (Wildman–Crippen MR) is 92.4 cm³/mol. The zero-order chi connectivity index (χ0) is 15.4. The lowest BCUT2D eigenvalue weighted by molar-refractivity contribution is 0.428. The number of pyridine rings is 1. The fraction of sp³-hybridized carbons (Fsp3) is 0.562. The van der Waals surface area contributed by atoms with Crippen LogP contribution in [0.3, 0.4) is 0 Å². The lowest BCUT2D eigenvalue weighted by Crippen LogP contribution is -2.39. The molecule has 20 heavy (non-hydrogen) atoms. The third kappa shape index (κ3) is 5.06. The van der Waals surface area contributed by atoms with Gasteiger partial charge < -0.3 is 4.43 Å². The monoisotopic (exact) mass is 355 g/mol. The summed E-state index contributed by atoms with van der Waals surface area (Å²) in [6.45, 7) is 13.4. The highest BCUT2D eigenvalue weighted by Gasteiger charge is 2.37. The van der Waals surface area contributed by atoms with Crippen LogP contribution in [-0.4, -0.2) is 13.3 Å². The average molecular weight is 356 g/mol. The van der Waals surface area contributed by atoms with Gasteiger partial charge in [-0.1, -0.05) is 26.8 Å². The van der Waals surface area contributed by atoms with Gasteiger partial charge >= 0.3 is 0 Å². The molecule has 0 fully saturated rings. The van der Waals surface area contributed by atoms with Crippen molar-refractivity contribution in [3.05, 3.63) is 40.3 Å². The Balaban J connectivity index is 2.45. The molecule has 2 nitrogen and oxygen atoms in total. The van der Waals surface area contributed by atoms with Crippen LogP contribution in [0.5, 0.6) is 0 Å². The molecular formula is C16H26BrNOSi. The first kappa shape index (κ1) is 17.4. The van der Waals surface area contributed by atoms with E-state index in [0.717, 1.165) is 23.0 Å². The highest BCUT2D eigenvalue weighted by molar-refractivity contribution is 9.10. The van der Waals surface area contributed by atoms with Crippen LogP contribution in [-0.2, 0) is 10.8 Å². The molecule has 0 aliphatic heterocycles. The van der Waals surface area contributed by atoms with Gasteiger partial charge in [0.05, 0.1) is 6.26 Å². The number of rotatable bonds is 5. The first-order valence-electron chi connectivity index (χ1n) is 7.07. The van der Waals surface area contributed by atoms with Crippen LogP contribution in [0.15, 0.2) is 29.1 Å². The van der Waals surface area contributed by atoms with Crippen molar-refractivity contribution in [3.63, 3.8) is 0 Å². The SMILES string of the molecule is Cc1cc(CCC=CO[Si](C)(C)C(C)(C)C)ncc1Br. The first-order chi connectivity index (χ1) is 9.13. The normalized spacial score (nSPS) is 12.9. The number of aryl methyl sites for hydroxylation is 2. The van der Waals surface area contributed by atoms with E-state index in [1.54, 1.807) is 0 Å². The number of allylic oxidation sites excluding steroid dienone is 1. The highest BCUT2D eigenvalue weighted by Crippen LogP contribution is 2.36. The van der Waals surface area contributed by atoms with E-state index in [-0.39, 0.29) is 5.04 Å². The summed E-state index contributed by atoms with van der Waals surface area (Å²) in [6, 6.07) is 2.13. The van der Waals surface area contributed by atoms with E-state index in [1.807, 2.05) is 12.5 Å². The minimum absolute atomic E-state index is 0.252. The number of nitrogens with zero attached hydrogens (tertiary/aromatic N) is 1. The van der Waals surface area contributed by atoms with Crippen LogP contribution in [0.2, 0.25) is 18.1 Å². The molecule has 1 aromatic heterocycles. The van der Waals surface area contributed by atoms with Crippen molar-refractivity contribution < 1.29 is 4.43 Å². The Bertz CT molecular complexity index is 478. The Morgan fingerprint density at radius 3 is 2.55 bits per heavy atom. The van der Waals surface area contributed by atoms with Crippen LogP contribution in [0, 0.1) is 6.92 Å². The summed E-state index contributed by atoms with van der Waals surface area (Å²) in [7, 11) is -1.66. The number of hydrogen-bond acceptors (Lipinski definition) is 2. The second-order valence-corrected chi connectivity index (χ2v) is 12.3. The molecule has 0 saturated carbocycles. The van der Waals surface area contributed by atoms with Crippen molar-refractivity contribution >= 4 is 24.2 Å². The Hall–Kier alpha value is -0.613. The second-order valence-electron chi connectivity index (χ2n) is 6.71. The molecule has 0 saturated heterocycles. The summed E-state index contributed by atoms with van der Waals surface area (Å²) in [6.07, 6.45) is 7.79. The van der Waals surface area contributed by atoms with Crippen LogP contribution >= 0.6 is 15.9 Å². The zero-order valence-corrected chi connectivity index (χ0v) is 16.0. The van der Waals surface area contributed by atoms with Crippen molar-refractivity contribution in [1.29, 1.82) is 0 Å². The molecular weight excluding hydrogens is 330 g/mol. The minimum atomic E-state index is -1.66. The lowest BCUT2D eigenvalue weighted by Gasteiger charge is -2.34. The van der Waals surface area contributed by atoms with Crippen LogP contribution < -0.4 is 0 Å². The maximum Gasteiger partial charge on any atom is 0.249 e. The van der Waals surface area contributed by atoms with Gasteiger partial charge in [0.1, 0.15) is 0 Å². The van der Waals surface area contributed by atoms with Crippen LogP contribution in [0.4, 0.5) is 0 Å². The van der Waals surface area contributed by atoms with E-state index in [9.17, 15) is 0 Å². The first-order valence-corrected chi connectivity index (χ1v) is 10.8. The van der Waals surface area contributed by atoms with E-state index < -0.39 is 8.32 Å². The van der Waals surface area contributed by atoms with E-state index in [0.29, 0.717) is 0 Å². The smallest absolute Gasteiger partial charge is 0.249 e. The van der Waals surface area contributed by atoms with Crippen molar-refractivity contribution in [2.45, 2.75) is 58.7 Å². The Morgan fingerprint density at radius 1 is 1.35 bits per heavy atom. The quantitative estimate of drug-likeness (QED) is 0.504. The minimum Gasteiger partial charge on any atom is -0.549 e. The maximum absolute atomic E-state index is 6.01. The van der Waals surface area contributed by atoms with Gasteiger partial charge in [-0.2, -0.15) is 0 Å². The topological polar surface area (TPSA) is 22.1 Å². The summed E-state index contributed by atoms with van der Waals surface area (Å²) < 4.78 is 7.07. The summed E-state index contributed by atoms with van der Waals surface area (Å²) in [5.74, 6) is 0. The van der Waals surface area contributed by atoms with Gasteiger partial charge in [-0.3, -0.25) is 4.98 Å². The molecule has 0 amide bonds. The predicted octanol–water partition coefficient (Wildman–Crippen LogP) is 5.62. The summed E-state index contributed by atoms with van der Waals surface area (Å²) in [4.78, 5) is 4.41. The third-order valence-electron chi connectivity index (χ3n) is 3.94. The van der Waals surface area contributed by atoms with Crippen molar-refractivity contribution in [3.8, 4) is 0 Å². The molecule has 0 radical (unpaired) electrons. The van der Waals surface area contributed by atoms with Gasteiger partial charge in [0.25, 0.3) is 0 Å². The Kier molecular flexibility index (Phi) is 6.01. The second kappa shape index (κ2) is 6.90. The summed E-state index contributed by atoms with van der Waals surface area (Å²) in [5.41, 5.74) is 2.36. The fourth-order valence-electron chi connectivity index (χ4n) is 1.43. The third-order valence-corrected chi connectivity index (χ3v) is 9.10. The Morgan fingerprint density at radius 2 is 2.00 bits per heavy atom. The number of halogens is 1. The zero-order valence-electron chi connectivity index (χ0n) is 13.5. The Labute approximate surface area is 132 Å². The molecule has 4 heteroatoms. The van der Waals surface area contributed by atoms with Crippen LogP contribution in [0.25, 0.3) is 0 Å². The fourth-order valence-corrected chi connectivity index (χ4v) is 2.44. The van der Waals surface area contributed by atoms with Gasteiger partial charge in [-0.25, -0.2) is 0 Å². The molecule has 1 heterocycles. The number of aromatic nitrogens is 1. The van der Waals surface area contributed by atoms with Gasteiger partial charge in [0, 0.05) is 16.4 Å². The number of hydrogen-bond donors (Lipinski definition) is 0. The lowest BCUT2D eigenvalue weighted by atomic mass is 10.2. The summed E-state index contributed by atoms with van der Waals surface area (Å²) in [5, 5.41) is 0.252.